The molecule has 5 nitrogen and oxygen atoms in total. The van der Waals surface area contributed by atoms with Gasteiger partial charge >= 0.3 is 0 Å². The van der Waals surface area contributed by atoms with E-state index in [4.69, 9.17) is 0 Å². The highest BCUT2D eigenvalue weighted by Gasteiger charge is 2.55. The van der Waals surface area contributed by atoms with Gasteiger partial charge in [-0.1, -0.05) is 6.07 Å². The zero-order chi connectivity index (χ0) is 16.7. The van der Waals surface area contributed by atoms with Gasteiger partial charge < -0.3 is 10.6 Å². The van der Waals surface area contributed by atoms with Crippen molar-refractivity contribution in [1.82, 2.24) is 15.6 Å². The van der Waals surface area contributed by atoms with Crippen LogP contribution in [0.25, 0.3) is 0 Å². The first-order chi connectivity index (χ1) is 10.8. The summed E-state index contributed by atoms with van der Waals surface area (Å²) in [6.45, 7) is 2.17. The van der Waals surface area contributed by atoms with Crippen molar-refractivity contribution in [2.45, 2.75) is 44.6 Å². The molecular formula is C16H19F2N3O2. The number of aromatic nitrogens is 1. The molecule has 3 rings (SSSR count). The van der Waals surface area contributed by atoms with E-state index in [0.717, 1.165) is 0 Å². The molecule has 1 aromatic heterocycles. The molecule has 0 radical (unpaired) electrons. The van der Waals surface area contributed by atoms with Crippen molar-refractivity contribution < 1.29 is 18.4 Å². The molecule has 2 atom stereocenters. The maximum absolute atomic E-state index is 14.1. The molecule has 124 valence electrons. The van der Waals surface area contributed by atoms with Gasteiger partial charge in [-0.05, 0) is 31.9 Å². The van der Waals surface area contributed by atoms with Crippen LogP contribution in [0.4, 0.5) is 8.78 Å². The van der Waals surface area contributed by atoms with Crippen molar-refractivity contribution >= 4 is 11.8 Å². The van der Waals surface area contributed by atoms with Crippen LogP contribution in [0.15, 0.2) is 18.2 Å². The van der Waals surface area contributed by atoms with E-state index in [1.807, 2.05) is 0 Å². The summed E-state index contributed by atoms with van der Waals surface area (Å²) in [6, 6.07) is 4.25. The van der Waals surface area contributed by atoms with Gasteiger partial charge in [0.05, 0.1) is 5.41 Å². The second-order valence-corrected chi connectivity index (χ2v) is 6.56. The Labute approximate surface area is 132 Å². The fraction of sp³-hybridized carbons (Fsp3) is 0.562. The number of hydrogen-bond donors (Lipinski definition) is 2. The summed E-state index contributed by atoms with van der Waals surface area (Å²) in [5.41, 5.74) is -0.193. The first-order valence-electron chi connectivity index (χ1n) is 7.70. The maximum atomic E-state index is 14.1. The summed E-state index contributed by atoms with van der Waals surface area (Å²) < 4.78 is 28.2. The van der Waals surface area contributed by atoms with Gasteiger partial charge in [0, 0.05) is 31.1 Å². The van der Waals surface area contributed by atoms with Crippen LogP contribution in [0.5, 0.6) is 0 Å². The van der Waals surface area contributed by atoms with Gasteiger partial charge in [0.15, 0.2) is 0 Å². The van der Waals surface area contributed by atoms with Crippen LogP contribution in [0.1, 0.15) is 41.9 Å². The van der Waals surface area contributed by atoms with Crippen LogP contribution in [0.3, 0.4) is 0 Å². The van der Waals surface area contributed by atoms with E-state index in [2.05, 4.69) is 15.6 Å². The first-order valence-corrected chi connectivity index (χ1v) is 7.70. The van der Waals surface area contributed by atoms with Gasteiger partial charge in [-0.3, -0.25) is 9.59 Å². The topological polar surface area (TPSA) is 71.1 Å². The number of rotatable bonds is 2. The molecule has 1 aliphatic carbocycles. The minimum atomic E-state index is -2.96. The number of pyridine rings is 1. The van der Waals surface area contributed by atoms with Crippen molar-refractivity contribution in [1.29, 1.82) is 0 Å². The lowest BCUT2D eigenvalue weighted by atomic mass is 9.69. The number of alkyl halides is 2. The van der Waals surface area contributed by atoms with Gasteiger partial charge in [0.25, 0.3) is 11.8 Å². The molecule has 2 heterocycles. The van der Waals surface area contributed by atoms with Crippen LogP contribution in [-0.2, 0) is 4.79 Å². The fourth-order valence-electron chi connectivity index (χ4n) is 3.65. The standard InChI is InChI=1S/C16H19F2N3O2/c1-10-3-2-4-12(20-10)13(22)21-11-7-15(5-6-19-14(15)23)9-16(17,18)8-11/h2-4,11H,5-9H2,1H3,(H,19,23)(H,21,22)/t11-,15+/m0/s1. The molecule has 2 N–H and O–H groups in total. The Morgan fingerprint density at radius 2 is 2.17 bits per heavy atom. The van der Waals surface area contributed by atoms with E-state index in [-0.39, 0.29) is 18.0 Å². The Morgan fingerprint density at radius 1 is 1.39 bits per heavy atom. The van der Waals surface area contributed by atoms with Crippen molar-refractivity contribution in [2.75, 3.05) is 6.54 Å². The third kappa shape index (κ3) is 3.18. The molecule has 0 aromatic carbocycles. The van der Waals surface area contributed by atoms with Gasteiger partial charge in [-0.25, -0.2) is 13.8 Å². The number of carbonyl (C=O) groups is 2. The van der Waals surface area contributed by atoms with E-state index in [1.54, 1.807) is 25.1 Å². The van der Waals surface area contributed by atoms with E-state index in [1.165, 1.54) is 0 Å². The van der Waals surface area contributed by atoms with Crippen LogP contribution in [0.2, 0.25) is 0 Å². The molecule has 1 aromatic rings. The zero-order valence-electron chi connectivity index (χ0n) is 12.9. The Bertz CT molecular complexity index is 650. The maximum Gasteiger partial charge on any atom is 0.270 e. The van der Waals surface area contributed by atoms with E-state index in [0.29, 0.717) is 18.7 Å². The Morgan fingerprint density at radius 3 is 2.83 bits per heavy atom. The molecule has 2 amide bonds. The number of nitrogens with zero attached hydrogens (tertiary/aromatic N) is 1. The molecule has 2 aliphatic rings. The number of nitrogens with one attached hydrogen (secondary N) is 2. The molecule has 7 heteroatoms. The second-order valence-electron chi connectivity index (χ2n) is 6.56. The second kappa shape index (κ2) is 5.54. The summed E-state index contributed by atoms with van der Waals surface area (Å²) in [7, 11) is 0. The van der Waals surface area contributed by atoms with Crippen LogP contribution < -0.4 is 10.6 Å². The quantitative estimate of drug-likeness (QED) is 0.872. The lowest BCUT2D eigenvalue weighted by Crippen LogP contribution is -2.51. The van der Waals surface area contributed by atoms with Crippen LogP contribution in [-0.4, -0.2) is 35.3 Å². The molecule has 1 saturated carbocycles. The lowest BCUT2D eigenvalue weighted by Gasteiger charge is -2.40. The summed E-state index contributed by atoms with van der Waals surface area (Å²) in [5, 5.41) is 5.26. The van der Waals surface area contributed by atoms with Crippen molar-refractivity contribution in [3.05, 3.63) is 29.6 Å². The Hall–Kier alpha value is -2.05. The average Bonchev–Trinajstić information content (AvgIpc) is 2.77. The highest BCUT2D eigenvalue weighted by Crippen LogP contribution is 2.48. The summed E-state index contributed by atoms with van der Waals surface area (Å²) in [4.78, 5) is 28.4. The number of halogens is 2. The van der Waals surface area contributed by atoms with Crippen LogP contribution in [0, 0.1) is 12.3 Å². The Kier molecular flexibility index (Phi) is 3.82. The average molecular weight is 323 g/mol. The minimum absolute atomic E-state index is 0.198. The fourth-order valence-corrected chi connectivity index (χ4v) is 3.65. The first kappa shape index (κ1) is 15.8. The number of amides is 2. The Balaban J connectivity index is 1.77. The molecule has 1 aliphatic heterocycles. The molecule has 2 fully saturated rings. The van der Waals surface area contributed by atoms with Gasteiger partial charge in [-0.15, -0.1) is 0 Å². The van der Waals surface area contributed by atoms with Crippen molar-refractivity contribution in [2.24, 2.45) is 5.41 Å². The van der Waals surface area contributed by atoms with E-state index < -0.39 is 36.1 Å². The molecule has 0 bridgehead atoms. The predicted octanol–water partition coefficient (Wildman–Crippen LogP) is 1.81. The number of aryl methyl sites for hydroxylation is 1. The van der Waals surface area contributed by atoms with Crippen molar-refractivity contribution in [3.63, 3.8) is 0 Å². The smallest absolute Gasteiger partial charge is 0.270 e. The summed E-state index contributed by atoms with van der Waals surface area (Å²) in [5.74, 6) is -3.77. The third-order valence-corrected chi connectivity index (χ3v) is 4.61. The van der Waals surface area contributed by atoms with E-state index in [9.17, 15) is 18.4 Å². The number of carbonyl (C=O) groups excluding carboxylic acids is 2. The van der Waals surface area contributed by atoms with Gasteiger partial charge in [0.2, 0.25) is 5.91 Å². The number of hydrogen-bond acceptors (Lipinski definition) is 3. The normalized spacial score (nSPS) is 29.3. The van der Waals surface area contributed by atoms with Crippen LogP contribution >= 0.6 is 0 Å². The predicted molar refractivity (Wildman–Crippen MR) is 79.1 cm³/mol. The van der Waals surface area contributed by atoms with Crippen molar-refractivity contribution in [3.8, 4) is 0 Å². The molecule has 0 unspecified atom stereocenters. The monoisotopic (exact) mass is 323 g/mol. The highest BCUT2D eigenvalue weighted by molar-refractivity contribution is 5.92. The molecule has 1 spiro atoms. The summed E-state index contributed by atoms with van der Waals surface area (Å²) in [6.07, 6.45) is -0.261. The molecule has 1 saturated heterocycles. The third-order valence-electron chi connectivity index (χ3n) is 4.61. The van der Waals surface area contributed by atoms with E-state index >= 15 is 0 Å². The highest BCUT2D eigenvalue weighted by atomic mass is 19.3. The van der Waals surface area contributed by atoms with Gasteiger partial charge in [0.1, 0.15) is 5.69 Å². The SMILES string of the molecule is Cc1cccc(C(=O)N[C@@H]2CC(F)(F)C[C@@]3(CCNC3=O)C2)n1. The largest absolute Gasteiger partial charge is 0.356 e. The van der Waals surface area contributed by atoms with Gasteiger partial charge in [-0.2, -0.15) is 0 Å². The zero-order valence-corrected chi connectivity index (χ0v) is 12.9. The molecular weight excluding hydrogens is 304 g/mol. The lowest BCUT2D eigenvalue weighted by molar-refractivity contribution is -0.142. The molecule has 23 heavy (non-hydrogen) atoms. The summed E-state index contributed by atoms with van der Waals surface area (Å²) >= 11 is 0. The minimum Gasteiger partial charge on any atom is -0.356 e.